The molecule has 0 saturated carbocycles. The topological polar surface area (TPSA) is 69.0 Å². The van der Waals surface area contributed by atoms with Gasteiger partial charge in [0.2, 0.25) is 0 Å². The number of fused-ring (bicyclic) bond motifs is 2. The summed E-state index contributed by atoms with van der Waals surface area (Å²) in [5, 5.41) is 7.88. The van der Waals surface area contributed by atoms with E-state index in [0.29, 0.717) is 12.1 Å². The summed E-state index contributed by atoms with van der Waals surface area (Å²) in [5.41, 5.74) is 3.63. The van der Waals surface area contributed by atoms with Crippen LogP contribution in [0.5, 0.6) is 5.75 Å². The molecule has 3 heterocycles. The zero-order chi connectivity index (χ0) is 20.7. The molecule has 1 atom stereocenters. The van der Waals surface area contributed by atoms with Crippen molar-refractivity contribution in [3.8, 4) is 16.9 Å². The van der Waals surface area contributed by atoms with E-state index in [-0.39, 0.29) is 24.3 Å². The van der Waals surface area contributed by atoms with E-state index in [1.54, 1.807) is 30.2 Å². The molecule has 150 valence electrons. The quantitative estimate of drug-likeness (QED) is 0.567. The van der Waals surface area contributed by atoms with E-state index in [1.807, 2.05) is 36.4 Å². The van der Waals surface area contributed by atoms with Crippen LogP contribution in [0, 0.1) is 5.82 Å². The van der Waals surface area contributed by atoms with E-state index < -0.39 is 5.82 Å². The maximum Gasteiger partial charge on any atom is 0.271 e. The third-order valence-corrected chi connectivity index (χ3v) is 5.21. The Hall–Kier alpha value is -3.74. The number of carbonyl (C=O) groups excluding carboxylic acids is 1. The number of hydrogen-bond donors (Lipinski definition) is 1. The minimum atomic E-state index is -0.408. The summed E-state index contributed by atoms with van der Waals surface area (Å²) in [5.74, 6) is -0.433. The lowest BCUT2D eigenvalue weighted by molar-refractivity contribution is 0.0927. The van der Waals surface area contributed by atoms with Crippen molar-refractivity contribution in [3.63, 3.8) is 0 Å². The SMILES string of the molecule is Cn1ccc(C(=O)NC[C@H]2Cc3cc(-c4cnc5ccccc5c4)cc(F)c3O2)n1. The van der Waals surface area contributed by atoms with Crippen LogP contribution in [0.25, 0.3) is 22.0 Å². The van der Waals surface area contributed by atoms with Crippen LogP contribution in [0.1, 0.15) is 16.1 Å². The fourth-order valence-corrected chi connectivity index (χ4v) is 3.73. The first-order valence-corrected chi connectivity index (χ1v) is 9.69. The maximum atomic E-state index is 14.7. The molecule has 0 saturated heterocycles. The van der Waals surface area contributed by atoms with Gasteiger partial charge in [0, 0.05) is 42.4 Å². The highest BCUT2D eigenvalue weighted by molar-refractivity contribution is 5.92. The molecule has 4 aromatic rings. The van der Waals surface area contributed by atoms with E-state index in [1.165, 1.54) is 6.07 Å². The molecule has 5 rings (SSSR count). The Bertz CT molecular complexity index is 1270. The minimum absolute atomic E-state index is 0.254. The van der Waals surface area contributed by atoms with Crippen LogP contribution in [0.3, 0.4) is 0 Å². The van der Waals surface area contributed by atoms with Crippen LogP contribution in [0.15, 0.2) is 60.9 Å². The van der Waals surface area contributed by atoms with Gasteiger partial charge in [0.05, 0.1) is 12.1 Å². The number of rotatable bonds is 4. The number of pyridine rings is 1. The number of hydrogen-bond acceptors (Lipinski definition) is 4. The zero-order valence-electron chi connectivity index (χ0n) is 16.3. The monoisotopic (exact) mass is 402 g/mol. The highest BCUT2D eigenvalue weighted by Crippen LogP contribution is 2.36. The fraction of sp³-hybridized carbons (Fsp3) is 0.174. The average molecular weight is 402 g/mol. The predicted molar refractivity (Wildman–Crippen MR) is 111 cm³/mol. The second kappa shape index (κ2) is 7.26. The molecule has 1 N–H and O–H groups in total. The average Bonchev–Trinajstić information content (AvgIpc) is 3.38. The summed E-state index contributed by atoms with van der Waals surface area (Å²) in [6.45, 7) is 0.274. The van der Waals surface area contributed by atoms with Gasteiger partial charge in [-0.05, 0) is 35.9 Å². The Morgan fingerprint density at radius 1 is 1.23 bits per heavy atom. The van der Waals surface area contributed by atoms with Crippen molar-refractivity contribution >= 4 is 16.8 Å². The van der Waals surface area contributed by atoms with Crippen LogP contribution in [-0.2, 0) is 13.5 Å². The molecule has 2 aromatic heterocycles. The summed E-state index contributed by atoms with van der Waals surface area (Å²) in [6, 6.07) is 14.9. The fourth-order valence-electron chi connectivity index (χ4n) is 3.73. The van der Waals surface area contributed by atoms with Crippen molar-refractivity contribution < 1.29 is 13.9 Å². The van der Waals surface area contributed by atoms with Gasteiger partial charge in [0.1, 0.15) is 11.8 Å². The van der Waals surface area contributed by atoms with Gasteiger partial charge in [-0.15, -0.1) is 0 Å². The number of amides is 1. The van der Waals surface area contributed by atoms with Crippen molar-refractivity contribution in [2.24, 2.45) is 7.05 Å². The van der Waals surface area contributed by atoms with Crippen LogP contribution in [-0.4, -0.2) is 33.3 Å². The maximum absolute atomic E-state index is 14.7. The van der Waals surface area contributed by atoms with Gasteiger partial charge in [-0.25, -0.2) is 4.39 Å². The minimum Gasteiger partial charge on any atom is -0.485 e. The van der Waals surface area contributed by atoms with Crippen molar-refractivity contribution in [1.29, 1.82) is 0 Å². The first-order valence-electron chi connectivity index (χ1n) is 9.69. The molecular formula is C23H19FN4O2. The highest BCUT2D eigenvalue weighted by Gasteiger charge is 2.27. The Labute approximate surface area is 172 Å². The summed E-state index contributed by atoms with van der Waals surface area (Å²) >= 11 is 0. The van der Waals surface area contributed by atoms with E-state index in [4.69, 9.17) is 4.74 Å². The summed E-state index contributed by atoms with van der Waals surface area (Å²) < 4.78 is 22.1. The number of halogens is 1. The largest absolute Gasteiger partial charge is 0.485 e. The molecule has 1 amide bonds. The van der Waals surface area contributed by atoms with Gasteiger partial charge in [-0.2, -0.15) is 5.10 Å². The van der Waals surface area contributed by atoms with Crippen LogP contribution >= 0.6 is 0 Å². The lowest BCUT2D eigenvalue weighted by Gasteiger charge is -2.11. The molecule has 1 aliphatic rings. The molecule has 0 aliphatic carbocycles. The molecule has 1 aliphatic heterocycles. The molecule has 30 heavy (non-hydrogen) atoms. The van der Waals surface area contributed by atoms with Gasteiger partial charge in [0.15, 0.2) is 11.6 Å². The number of para-hydroxylation sites is 1. The third-order valence-electron chi connectivity index (χ3n) is 5.21. The van der Waals surface area contributed by atoms with Gasteiger partial charge in [0.25, 0.3) is 5.91 Å². The van der Waals surface area contributed by atoms with Crippen LogP contribution < -0.4 is 10.1 Å². The highest BCUT2D eigenvalue weighted by atomic mass is 19.1. The van der Waals surface area contributed by atoms with E-state index in [9.17, 15) is 9.18 Å². The standard InChI is InChI=1S/C23H19FN4O2/c1-28-7-6-21(27-28)23(29)26-13-18-10-16-9-15(11-19(24)22(16)30-18)17-8-14-4-2-3-5-20(14)25-12-17/h2-9,11-12,18H,10,13H2,1H3,(H,26,29)/t18-/m1/s1. The molecule has 0 unspecified atom stereocenters. The molecule has 0 radical (unpaired) electrons. The summed E-state index contributed by atoms with van der Waals surface area (Å²) in [7, 11) is 1.75. The number of carbonyl (C=O) groups is 1. The molecular weight excluding hydrogens is 383 g/mol. The Kier molecular flexibility index (Phi) is 4.43. The van der Waals surface area contributed by atoms with Crippen molar-refractivity contribution in [2.45, 2.75) is 12.5 Å². The normalized spacial score (nSPS) is 15.1. The van der Waals surface area contributed by atoms with E-state index >= 15 is 0 Å². The van der Waals surface area contributed by atoms with Gasteiger partial charge < -0.3 is 10.1 Å². The lowest BCUT2D eigenvalue weighted by Crippen LogP contribution is -2.34. The molecule has 0 spiro atoms. The summed E-state index contributed by atoms with van der Waals surface area (Å²) in [6.07, 6.45) is 3.65. The van der Waals surface area contributed by atoms with Crippen molar-refractivity contribution in [2.75, 3.05) is 6.54 Å². The van der Waals surface area contributed by atoms with Crippen molar-refractivity contribution in [3.05, 3.63) is 78.0 Å². The number of nitrogens with one attached hydrogen (secondary N) is 1. The Morgan fingerprint density at radius 3 is 2.93 bits per heavy atom. The van der Waals surface area contributed by atoms with E-state index in [0.717, 1.165) is 27.6 Å². The smallest absolute Gasteiger partial charge is 0.271 e. The zero-order valence-corrected chi connectivity index (χ0v) is 16.3. The van der Waals surface area contributed by atoms with Crippen LogP contribution in [0.2, 0.25) is 0 Å². The summed E-state index contributed by atoms with van der Waals surface area (Å²) in [4.78, 5) is 16.6. The second-order valence-corrected chi connectivity index (χ2v) is 7.39. The molecule has 6 nitrogen and oxygen atoms in total. The second-order valence-electron chi connectivity index (χ2n) is 7.39. The first kappa shape index (κ1) is 18.3. The molecule has 2 aromatic carbocycles. The molecule has 0 fully saturated rings. The number of ether oxygens (including phenoxy) is 1. The number of aryl methyl sites for hydroxylation is 1. The van der Waals surface area contributed by atoms with Crippen LogP contribution in [0.4, 0.5) is 4.39 Å². The van der Waals surface area contributed by atoms with E-state index in [2.05, 4.69) is 15.4 Å². The predicted octanol–water partition coefficient (Wildman–Crippen LogP) is 3.51. The Morgan fingerprint density at radius 2 is 2.10 bits per heavy atom. The number of nitrogens with zero attached hydrogens (tertiary/aromatic N) is 3. The number of aromatic nitrogens is 3. The van der Waals surface area contributed by atoms with Gasteiger partial charge in [-0.1, -0.05) is 18.2 Å². The first-order chi connectivity index (χ1) is 14.6. The number of benzene rings is 2. The molecule has 7 heteroatoms. The van der Waals surface area contributed by atoms with Gasteiger partial charge in [-0.3, -0.25) is 14.5 Å². The molecule has 0 bridgehead atoms. The third kappa shape index (κ3) is 3.39. The van der Waals surface area contributed by atoms with Crippen molar-refractivity contribution in [1.82, 2.24) is 20.1 Å². The Balaban J connectivity index is 1.33. The van der Waals surface area contributed by atoms with Gasteiger partial charge >= 0.3 is 0 Å². The lowest BCUT2D eigenvalue weighted by atomic mass is 10.0.